The summed E-state index contributed by atoms with van der Waals surface area (Å²) in [7, 11) is 0. The fourth-order valence-corrected chi connectivity index (χ4v) is 8.22. The number of hydrogen-bond acceptors (Lipinski definition) is 6. The Bertz CT molecular complexity index is 2960. The van der Waals surface area contributed by atoms with E-state index in [-0.39, 0.29) is 0 Å². The van der Waals surface area contributed by atoms with E-state index in [4.69, 9.17) is 20.0 Å². The fourth-order valence-electron chi connectivity index (χ4n) is 8.22. The van der Waals surface area contributed by atoms with Gasteiger partial charge in [0.15, 0.2) is 0 Å². The third-order valence-corrected chi connectivity index (χ3v) is 11.2. The summed E-state index contributed by atoms with van der Waals surface area (Å²) in [6, 6.07) is 79.5. The Hall–Kier alpha value is -8.48. The summed E-state index contributed by atoms with van der Waals surface area (Å²) in [5.74, 6) is 0. The van der Waals surface area contributed by atoms with Crippen molar-refractivity contribution in [3.8, 4) is 0 Å². The van der Waals surface area contributed by atoms with Gasteiger partial charge in [-0.3, -0.25) is 0 Å². The number of rotatable bonds is 8. The Labute approximate surface area is 360 Å². The molecule has 0 N–H and O–H groups in total. The van der Waals surface area contributed by atoms with Crippen molar-refractivity contribution in [1.29, 1.82) is 0 Å². The molecule has 3 heterocycles. The summed E-state index contributed by atoms with van der Waals surface area (Å²) < 4.78 is 0. The molecule has 1 aliphatic heterocycles. The molecular formula is C56H38N6. The minimum atomic E-state index is 0.701. The molecule has 62 heavy (non-hydrogen) atoms. The molecule has 6 nitrogen and oxygen atoms in total. The molecule has 10 aromatic rings. The summed E-state index contributed by atoms with van der Waals surface area (Å²) in [5.41, 5.74) is 14.2. The zero-order valence-electron chi connectivity index (χ0n) is 33.6. The number of nitrogens with zero attached hydrogens (tertiary/aromatic N) is 6. The van der Waals surface area contributed by atoms with Crippen LogP contribution in [0.4, 0.5) is 45.5 Å². The quantitative estimate of drug-likeness (QED) is 0.154. The van der Waals surface area contributed by atoms with Crippen molar-refractivity contribution >= 4 is 78.7 Å². The number of pyridine rings is 2. The lowest BCUT2D eigenvalue weighted by Crippen LogP contribution is -2.14. The Morgan fingerprint density at radius 1 is 0.274 bits per heavy atom. The molecule has 8 aromatic carbocycles. The van der Waals surface area contributed by atoms with E-state index in [0.717, 1.165) is 89.9 Å². The summed E-state index contributed by atoms with van der Waals surface area (Å²) in [6.07, 6.45) is 0. The standard InChI is InChI=1S/C56H38N6/c1-5-19-43(20-6-1)61(44-21-7-2-8-22-44)47-33-29-39(30-34-47)53-55-51(37-41-17-13-15-27-49(41)57-55)60-54(56-52(59-53)38-42-18-14-16-28-50(42)58-56)40-31-35-48(36-32-40)62(45-23-9-3-10-24-45)46-25-11-4-12-26-46/h1-38H/b55-53?,56-54?,59-52?,59-53-,60-51?,60-54-. The molecule has 11 rings (SSSR count). The van der Waals surface area contributed by atoms with E-state index in [9.17, 15) is 0 Å². The highest BCUT2D eigenvalue weighted by molar-refractivity contribution is 6.22. The van der Waals surface area contributed by atoms with Gasteiger partial charge < -0.3 is 9.80 Å². The topological polar surface area (TPSA) is 57.0 Å². The lowest BCUT2D eigenvalue weighted by atomic mass is 9.99. The molecule has 2 aromatic heterocycles. The lowest BCUT2D eigenvalue weighted by molar-refractivity contribution is 1.26. The molecule has 0 amide bonds. The molecule has 0 unspecified atom stereocenters. The van der Waals surface area contributed by atoms with Gasteiger partial charge >= 0.3 is 0 Å². The minimum absolute atomic E-state index is 0.701. The molecule has 1 aliphatic rings. The molecular weight excluding hydrogens is 757 g/mol. The summed E-state index contributed by atoms with van der Waals surface area (Å²) in [5, 5.41) is 1.99. The third-order valence-electron chi connectivity index (χ3n) is 11.2. The Morgan fingerprint density at radius 3 is 0.903 bits per heavy atom. The highest BCUT2D eigenvalue weighted by Crippen LogP contribution is 2.39. The zero-order chi connectivity index (χ0) is 41.2. The first-order valence-electron chi connectivity index (χ1n) is 20.7. The van der Waals surface area contributed by atoms with Gasteiger partial charge in [0.25, 0.3) is 0 Å². The van der Waals surface area contributed by atoms with Gasteiger partial charge in [0.1, 0.15) is 11.4 Å². The van der Waals surface area contributed by atoms with Crippen LogP contribution in [0.15, 0.2) is 241 Å². The monoisotopic (exact) mass is 794 g/mol. The second kappa shape index (κ2) is 15.9. The lowest BCUT2D eigenvalue weighted by Gasteiger charge is -2.26. The van der Waals surface area contributed by atoms with Crippen LogP contribution in [0.3, 0.4) is 0 Å². The maximum atomic E-state index is 5.55. The second-order valence-corrected chi connectivity index (χ2v) is 15.1. The molecule has 0 saturated carbocycles. The first-order chi connectivity index (χ1) is 30.7. The van der Waals surface area contributed by atoms with E-state index in [2.05, 4.69) is 180 Å². The second-order valence-electron chi connectivity index (χ2n) is 15.1. The average Bonchev–Trinajstić information content (AvgIpc) is 3.34. The SMILES string of the molecule is c1ccc(N(c2ccccc2)c2ccc(/C3=N/c4cc5ccccc5nc4/C(c4ccc(N(c5ccccc5)c5ccccc5)cc4)=N\c4cc5ccccc5nc43)cc2)cc1. The fraction of sp³-hybridized carbons (Fsp3) is 0. The Morgan fingerprint density at radius 2 is 0.565 bits per heavy atom. The van der Waals surface area contributed by atoms with E-state index in [0.29, 0.717) is 11.4 Å². The van der Waals surface area contributed by atoms with Crippen molar-refractivity contribution in [2.75, 3.05) is 9.80 Å². The van der Waals surface area contributed by atoms with Crippen LogP contribution in [-0.4, -0.2) is 21.4 Å². The number of anilines is 6. The van der Waals surface area contributed by atoms with Crippen molar-refractivity contribution in [3.05, 3.63) is 253 Å². The maximum Gasteiger partial charge on any atom is 0.116 e. The molecule has 0 radical (unpaired) electrons. The van der Waals surface area contributed by atoms with E-state index in [1.165, 1.54) is 0 Å². The van der Waals surface area contributed by atoms with Crippen LogP contribution < -0.4 is 9.80 Å². The molecule has 0 saturated heterocycles. The number of aliphatic imine (C=N–C) groups is 2. The minimum Gasteiger partial charge on any atom is -0.311 e. The molecule has 292 valence electrons. The van der Waals surface area contributed by atoms with Gasteiger partial charge in [0, 0.05) is 56.0 Å². The highest BCUT2D eigenvalue weighted by atomic mass is 15.1. The molecule has 0 fully saturated rings. The van der Waals surface area contributed by atoms with Gasteiger partial charge in [0.05, 0.1) is 33.8 Å². The van der Waals surface area contributed by atoms with Crippen molar-refractivity contribution in [1.82, 2.24) is 9.97 Å². The number of para-hydroxylation sites is 6. The van der Waals surface area contributed by atoms with Gasteiger partial charge in [-0.05, 0) is 97.1 Å². The molecule has 0 bridgehead atoms. The summed E-state index contributed by atoms with van der Waals surface area (Å²) in [4.78, 5) is 26.3. The highest BCUT2D eigenvalue weighted by Gasteiger charge is 2.25. The normalized spacial score (nSPS) is 13.7. The average molecular weight is 795 g/mol. The number of benzene rings is 8. The largest absolute Gasteiger partial charge is 0.311 e. The Balaban J connectivity index is 1.08. The van der Waals surface area contributed by atoms with Gasteiger partial charge in [-0.2, -0.15) is 0 Å². The van der Waals surface area contributed by atoms with Crippen molar-refractivity contribution < 1.29 is 0 Å². The first-order valence-corrected chi connectivity index (χ1v) is 20.7. The molecule has 0 aliphatic carbocycles. The van der Waals surface area contributed by atoms with E-state index in [1.54, 1.807) is 0 Å². The van der Waals surface area contributed by atoms with Gasteiger partial charge in [-0.1, -0.05) is 133 Å². The van der Waals surface area contributed by atoms with Crippen LogP contribution in [0, 0.1) is 0 Å². The smallest absolute Gasteiger partial charge is 0.116 e. The van der Waals surface area contributed by atoms with Crippen LogP contribution in [0.5, 0.6) is 0 Å². The maximum absolute atomic E-state index is 5.55. The van der Waals surface area contributed by atoms with Gasteiger partial charge in [-0.25, -0.2) is 20.0 Å². The summed E-state index contributed by atoms with van der Waals surface area (Å²) >= 11 is 0. The van der Waals surface area contributed by atoms with Crippen LogP contribution >= 0.6 is 0 Å². The van der Waals surface area contributed by atoms with Crippen molar-refractivity contribution in [3.63, 3.8) is 0 Å². The predicted molar refractivity (Wildman–Crippen MR) is 256 cm³/mol. The molecule has 0 atom stereocenters. The molecule has 0 spiro atoms. The van der Waals surface area contributed by atoms with Crippen molar-refractivity contribution in [2.24, 2.45) is 9.98 Å². The van der Waals surface area contributed by atoms with Gasteiger partial charge in [-0.15, -0.1) is 0 Å². The van der Waals surface area contributed by atoms with Crippen LogP contribution in [-0.2, 0) is 0 Å². The van der Waals surface area contributed by atoms with Crippen LogP contribution in [0.1, 0.15) is 22.5 Å². The van der Waals surface area contributed by atoms with Crippen LogP contribution in [0.25, 0.3) is 21.8 Å². The number of fused-ring (bicyclic) bond motifs is 4. The third kappa shape index (κ3) is 6.95. The summed E-state index contributed by atoms with van der Waals surface area (Å²) in [6.45, 7) is 0. The Kier molecular flexibility index (Phi) is 9.41. The number of aromatic nitrogens is 2. The first kappa shape index (κ1) is 36.6. The van der Waals surface area contributed by atoms with Gasteiger partial charge in [0.2, 0.25) is 0 Å². The van der Waals surface area contributed by atoms with Crippen molar-refractivity contribution in [2.45, 2.75) is 0 Å². The zero-order valence-corrected chi connectivity index (χ0v) is 33.6. The van der Waals surface area contributed by atoms with E-state index in [1.807, 2.05) is 60.7 Å². The van der Waals surface area contributed by atoms with Crippen LogP contribution in [0.2, 0.25) is 0 Å². The van der Waals surface area contributed by atoms with E-state index < -0.39 is 0 Å². The molecule has 6 heteroatoms. The van der Waals surface area contributed by atoms with E-state index >= 15 is 0 Å². The predicted octanol–water partition coefficient (Wildman–Crippen LogP) is 14.4. The number of hydrogen-bond donors (Lipinski definition) is 0.